The maximum absolute atomic E-state index is 11.1. The molecule has 0 amide bonds. The van der Waals surface area contributed by atoms with Gasteiger partial charge in [-0.2, -0.15) is 5.10 Å². The van der Waals surface area contributed by atoms with E-state index >= 15 is 0 Å². The van der Waals surface area contributed by atoms with Gasteiger partial charge in [-0.25, -0.2) is 9.67 Å². The van der Waals surface area contributed by atoms with Crippen molar-refractivity contribution in [3.63, 3.8) is 0 Å². The second-order valence-corrected chi connectivity index (χ2v) is 3.98. The average molecular weight is 254 g/mol. The van der Waals surface area contributed by atoms with Crippen LogP contribution in [-0.4, -0.2) is 33.9 Å². The van der Waals surface area contributed by atoms with Crippen molar-refractivity contribution in [2.75, 3.05) is 13.2 Å². The molecule has 0 aromatic carbocycles. The van der Waals surface area contributed by atoms with E-state index in [1.165, 1.54) is 0 Å². The molecule has 0 fully saturated rings. The van der Waals surface area contributed by atoms with Crippen molar-refractivity contribution in [2.24, 2.45) is 0 Å². The lowest BCUT2D eigenvalue weighted by molar-refractivity contribution is -0.143. The van der Waals surface area contributed by atoms with Crippen molar-refractivity contribution < 1.29 is 9.53 Å². The second-order valence-electron chi connectivity index (χ2n) is 3.98. The van der Waals surface area contributed by atoms with Crippen LogP contribution in [0, 0.1) is 0 Å². The van der Waals surface area contributed by atoms with E-state index in [-0.39, 0.29) is 5.97 Å². The molecule has 1 rings (SSSR count). The van der Waals surface area contributed by atoms with Gasteiger partial charge in [0.25, 0.3) is 0 Å². The summed E-state index contributed by atoms with van der Waals surface area (Å²) >= 11 is 0. The first-order chi connectivity index (χ1) is 8.77. The molecule has 0 atom stereocenters. The molecular weight excluding hydrogens is 232 g/mol. The molecule has 1 N–H and O–H groups in total. The largest absolute Gasteiger partial charge is 0.466 e. The Kier molecular flexibility index (Phi) is 7.01. The number of esters is 1. The molecule has 1 aromatic rings. The number of rotatable bonds is 9. The minimum absolute atomic E-state index is 0.131. The van der Waals surface area contributed by atoms with E-state index in [1.54, 1.807) is 6.33 Å². The van der Waals surface area contributed by atoms with Gasteiger partial charge in [0.05, 0.1) is 13.2 Å². The highest BCUT2D eigenvalue weighted by Crippen LogP contribution is 1.96. The Hall–Kier alpha value is -1.43. The Morgan fingerprint density at radius 2 is 2.33 bits per heavy atom. The van der Waals surface area contributed by atoms with Gasteiger partial charge in [-0.15, -0.1) is 0 Å². The fraction of sp³-hybridized carbons (Fsp3) is 0.750. The molecule has 1 aromatic heterocycles. The topological polar surface area (TPSA) is 69.0 Å². The van der Waals surface area contributed by atoms with Crippen LogP contribution >= 0.6 is 0 Å². The SMILES string of the molecule is CCCn1ncnc1CNCCCC(=O)OCC. The Morgan fingerprint density at radius 1 is 1.50 bits per heavy atom. The van der Waals surface area contributed by atoms with Crippen molar-refractivity contribution in [3.8, 4) is 0 Å². The summed E-state index contributed by atoms with van der Waals surface area (Å²) in [5, 5.41) is 7.40. The van der Waals surface area contributed by atoms with Gasteiger partial charge in [-0.3, -0.25) is 4.79 Å². The predicted octanol–water partition coefficient (Wildman–Crippen LogP) is 1.12. The molecule has 18 heavy (non-hydrogen) atoms. The highest BCUT2D eigenvalue weighted by Gasteiger charge is 2.03. The molecule has 0 radical (unpaired) electrons. The summed E-state index contributed by atoms with van der Waals surface area (Å²) in [6.07, 6.45) is 3.85. The first-order valence-electron chi connectivity index (χ1n) is 6.51. The number of hydrogen-bond donors (Lipinski definition) is 1. The van der Waals surface area contributed by atoms with Crippen LogP contribution in [0.1, 0.15) is 38.9 Å². The van der Waals surface area contributed by atoms with E-state index in [0.717, 1.165) is 31.8 Å². The number of aromatic nitrogens is 3. The third kappa shape index (κ3) is 5.27. The monoisotopic (exact) mass is 254 g/mol. The van der Waals surface area contributed by atoms with E-state index in [0.29, 0.717) is 19.6 Å². The van der Waals surface area contributed by atoms with Gasteiger partial charge < -0.3 is 10.1 Å². The summed E-state index contributed by atoms with van der Waals surface area (Å²) in [6.45, 7) is 6.72. The maximum atomic E-state index is 11.1. The van der Waals surface area contributed by atoms with Gasteiger partial charge in [0.1, 0.15) is 12.2 Å². The first-order valence-corrected chi connectivity index (χ1v) is 6.51. The smallest absolute Gasteiger partial charge is 0.305 e. The van der Waals surface area contributed by atoms with Gasteiger partial charge in [-0.1, -0.05) is 6.92 Å². The lowest BCUT2D eigenvalue weighted by Crippen LogP contribution is -2.19. The van der Waals surface area contributed by atoms with E-state index in [1.807, 2.05) is 11.6 Å². The third-order valence-electron chi connectivity index (χ3n) is 2.45. The molecule has 0 bridgehead atoms. The number of hydrogen-bond acceptors (Lipinski definition) is 5. The van der Waals surface area contributed by atoms with Crippen LogP contribution < -0.4 is 5.32 Å². The van der Waals surface area contributed by atoms with Crippen LogP contribution in [0.5, 0.6) is 0 Å². The quantitative estimate of drug-likeness (QED) is 0.528. The normalized spacial score (nSPS) is 10.6. The molecule has 0 saturated heterocycles. The molecular formula is C12H22N4O2. The Bertz CT molecular complexity index is 352. The molecule has 0 unspecified atom stereocenters. The Morgan fingerprint density at radius 3 is 3.06 bits per heavy atom. The zero-order valence-corrected chi connectivity index (χ0v) is 11.2. The van der Waals surface area contributed by atoms with E-state index < -0.39 is 0 Å². The fourth-order valence-corrected chi connectivity index (χ4v) is 1.61. The standard InChI is InChI=1S/C12H22N4O2/c1-3-8-16-11(14-10-15-16)9-13-7-5-6-12(17)18-4-2/h10,13H,3-9H2,1-2H3. The number of aryl methyl sites for hydroxylation is 1. The number of carbonyl (C=O) groups is 1. The van der Waals surface area contributed by atoms with Crippen LogP contribution in [0.2, 0.25) is 0 Å². The minimum atomic E-state index is -0.131. The highest BCUT2D eigenvalue weighted by molar-refractivity contribution is 5.69. The number of ether oxygens (including phenoxy) is 1. The third-order valence-corrected chi connectivity index (χ3v) is 2.45. The molecule has 6 heteroatoms. The van der Waals surface area contributed by atoms with Crippen molar-refractivity contribution in [1.82, 2.24) is 20.1 Å². The zero-order valence-electron chi connectivity index (χ0n) is 11.2. The highest BCUT2D eigenvalue weighted by atomic mass is 16.5. The van der Waals surface area contributed by atoms with E-state index in [2.05, 4.69) is 22.3 Å². The van der Waals surface area contributed by atoms with Crippen molar-refractivity contribution in [2.45, 2.75) is 46.2 Å². The van der Waals surface area contributed by atoms with Crippen LogP contribution in [0.3, 0.4) is 0 Å². The lowest BCUT2D eigenvalue weighted by atomic mass is 10.3. The van der Waals surface area contributed by atoms with Crippen LogP contribution in [-0.2, 0) is 22.6 Å². The molecule has 0 aliphatic heterocycles. The van der Waals surface area contributed by atoms with Gasteiger partial charge >= 0.3 is 5.97 Å². The summed E-state index contributed by atoms with van der Waals surface area (Å²) in [5.41, 5.74) is 0. The van der Waals surface area contributed by atoms with Crippen molar-refractivity contribution in [3.05, 3.63) is 12.2 Å². The average Bonchev–Trinajstić information content (AvgIpc) is 2.77. The summed E-state index contributed by atoms with van der Waals surface area (Å²) in [4.78, 5) is 15.3. The van der Waals surface area contributed by atoms with Crippen molar-refractivity contribution in [1.29, 1.82) is 0 Å². The molecule has 1 heterocycles. The summed E-state index contributed by atoms with van der Waals surface area (Å²) in [5.74, 6) is 0.807. The van der Waals surface area contributed by atoms with Gasteiger partial charge in [0.15, 0.2) is 0 Å². The van der Waals surface area contributed by atoms with Gasteiger partial charge in [0.2, 0.25) is 0 Å². The summed E-state index contributed by atoms with van der Waals surface area (Å²) < 4.78 is 6.75. The summed E-state index contributed by atoms with van der Waals surface area (Å²) in [6, 6.07) is 0. The maximum Gasteiger partial charge on any atom is 0.305 e. The number of carbonyl (C=O) groups excluding carboxylic acids is 1. The minimum Gasteiger partial charge on any atom is -0.466 e. The molecule has 6 nitrogen and oxygen atoms in total. The van der Waals surface area contributed by atoms with Crippen molar-refractivity contribution >= 4 is 5.97 Å². The number of nitrogens with zero attached hydrogens (tertiary/aromatic N) is 3. The lowest BCUT2D eigenvalue weighted by Gasteiger charge is -2.06. The van der Waals surface area contributed by atoms with Gasteiger partial charge in [-0.05, 0) is 26.3 Å². The second kappa shape index (κ2) is 8.63. The van der Waals surface area contributed by atoms with E-state index in [9.17, 15) is 4.79 Å². The number of nitrogens with one attached hydrogen (secondary N) is 1. The zero-order chi connectivity index (χ0) is 13.2. The van der Waals surface area contributed by atoms with Gasteiger partial charge in [0, 0.05) is 13.0 Å². The Balaban J connectivity index is 2.14. The van der Waals surface area contributed by atoms with Crippen LogP contribution in [0.4, 0.5) is 0 Å². The van der Waals surface area contributed by atoms with Crippen LogP contribution in [0.25, 0.3) is 0 Å². The molecule has 0 spiro atoms. The first kappa shape index (κ1) is 14.6. The van der Waals surface area contributed by atoms with Crippen LogP contribution in [0.15, 0.2) is 6.33 Å². The fourth-order valence-electron chi connectivity index (χ4n) is 1.61. The summed E-state index contributed by atoms with van der Waals surface area (Å²) in [7, 11) is 0. The predicted molar refractivity (Wildman–Crippen MR) is 67.9 cm³/mol. The molecule has 0 aliphatic rings. The molecule has 0 aliphatic carbocycles. The molecule has 0 saturated carbocycles. The molecule has 102 valence electrons. The van der Waals surface area contributed by atoms with E-state index in [4.69, 9.17) is 4.74 Å². The Labute approximate surface area is 108 Å².